The lowest BCUT2D eigenvalue weighted by atomic mass is 9.86. The van der Waals surface area contributed by atoms with Gasteiger partial charge in [0.25, 0.3) is 0 Å². The van der Waals surface area contributed by atoms with Crippen LogP contribution in [0.5, 0.6) is 11.5 Å². The molecule has 8 nitrogen and oxygen atoms in total. The van der Waals surface area contributed by atoms with Crippen LogP contribution in [0.2, 0.25) is 10.0 Å². The number of carbonyl (C=O) groups is 2. The first kappa shape index (κ1) is 41.8. The largest absolute Gasteiger partial charge is 0.493 e. The molecule has 3 aliphatic rings. The molecule has 0 unspecified atom stereocenters. The summed E-state index contributed by atoms with van der Waals surface area (Å²) < 4.78 is 18.0. The number of aryl methyl sites for hydroxylation is 1. The summed E-state index contributed by atoms with van der Waals surface area (Å²) in [5.41, 5.74) is 11.1. The molecule has 4 atom stereocenters. The van der Waals surface area contributed by atoms with Crippen LogP contribution in [0, 0.1) is 19.8 Å². The van der Waals surface area contributed by atoms with E-state index in [-0.39, 0.29) is 17.9 Å². The molecule has 1 fully saturated rings. The fraction of sp³-hybridized carbons (Fsp3) is 0.380. The van der Waals surface area contributed by atoms with Crippen molar-refractivity contribution in [3.05, 3.63) is 146 Å². The fourth-order valence-electron chi connectivity index (χ4n) is 8.76. The van der Waals surface area contributed by atoms with Gasteiger partial charge >= 0.3 is 5.97 Å². The molecule has 312 valence electrons. The van der Waals surface area contributed by atoms with Gasteiger partial charge in [0.15, 0.2) is 0 Å². The number of rotatable bonds is 13. The van der Waals surface area contributed by atoms with Crippen molar-refractivity contribution in [1.29, 1.82) is 0 Å². The van der Waals surface area contributed by atoms with Gasteiger partial charge in [0, 0.05) is 31.4 Å². The molecule has 1 aliphatic carbocycles. The van der Waals surface area contributed by atoms with Crippen LogP contribution < -0.4 is 14.8 Å². The molecule has 0 spiro atoms. The summed E-state index contributed by atoms with van der Waals surface area (Å²) in [6.45, 7) is 8.30. The lowest BCUT2D eigenvalue weighted by Gasteiger charge is -2.37. The van der Waals surface area contributed by atoms with E-state index in [4.69, 9.17) is 37.4 Å². The van der Waals surface area contributed by atoms with Gasteiger partial charge in [-0.15, -0.1) is 0 Å². The molecule has 0 saturated heterocycles. The van der Waals surface area contributed by atoms with Crippen LogP contribution in [0.1, 0.15) is 89.3 Å². The van der Waals surface area contributed by atoms with Gasteiger partial charge < -0.3 is 19.5 Å². The van der Waals surface area contributed by atoms with E-state index in [1.807, 2.05) is 49.5 Å². The van der Waals surface area contributed by atoms with Crippen LogP contribution in [0.3, 0.4) is 0 Å². The Morgan fingerprint density at radius 3 is 2.40 bits per heavy atom. The maximum Gasteiger partial charge on any atom is 0.328 e. The zero-order chi connectivity index (χ0) is 41.9. The highest BCUT2D eigenvalue weighted by atomic mass is 35.5. The average Bonchev–Trinajstić information content (AvgIpc) is 4.10. The number of hydrogen-bond acceptors (Lipinski definition) is 7. The summed E-state index contributed by atoms with van der Waals surface area (Å²) in [6.07, 6.45) is 7.46. The Hall–Kier alpha value is -4.89. The van der Waals surface area contributed by atoms with Crippen molar-refractivity contribution in [2.75, 3.05) is 20.3 Å². The number of ether oxygens (including phenoxy) is 3. The Morgan fingerprint density at radius 1 is 0.900 bits per heavy atom. The number of benzene rings is 4. The third-order valence-electron chi connectivity index (χ3n) is 12.6. The number of esters is 1. The molecule has 3 heterocycles. The van der Waals surface area contributed by atoms with Gasteiger partial charge in [0.05, 0.1) is 29.8 Å². The number of fused-ring (bicyclic) bond motifs is 2. The molecule has 8 rings (SSSR count). The minimum Gasteiger partial charge on any atom is -0.493 e. The highest BCUT2D eigenvalue weighted by Crippen LogP contribution is 2.39. The van der Waals surface area contributed by atoms with Crippen molar-refractivity contribution < 1.29 is 23.8 Å². The van der Waals surface area contributed by atoms with E-state index in [9.17, 15) is 9.59 Å². The van der Waals surface area contributed by atoms with Crippen LogP contribution in [0.4, 0.5) is 0 Å². The van der Waals surface area contributed by atoms with E-state index < -0.39 is 18.1 Å². The van der Waals surface area contributed by atoms with E-state index in [0.717, 1.165) is 76.4 Å². The lowest BCUT2D eigenvalue weighted by molar-refractivity contribution is -0.145. The molecule has 1 amide bonds. The van der Waals surface area contributed by atoms with E-state index >= 15 is 0 Å². The number of aromatic nitrogens is 1. The van der Waals surface area contributed by atoms with Crippen LogP contribution in [-0.2, 0) is 40.1 Å². The minimum absolute atomic E-state index is 0.134. The third kappa shape index (κ3) is 9.52. The van der Waals surface area contributed by atoms with Gasteiger partial charge in [-0.05, 0) is 151 Å². The Bertz CT molecular complexity index is 2350. The second-order valence-corrected chi connectivity index (χ2v) is 17.5. The van der Waals surface area contributed by atoms with E-state index in [0.29, 0.717) is 42.0 Å². The molecular formula is C50H53Cl2N3O5. The Balaban J connectivity index is 0.956. The van der Waals surface area contributed by atoms with Crippen molar-refractivity contribution in [3.8, 4) is 22.6 Å². The van der Waals surface area contributed by atoms with Crippen LogP contribution in [0.15, 0.2) is 91.1 Å². The van der Waals surface area contributed by atoms with Crippen LogP contribution in [0.25, 0.3) is 11.1 Å². The molecule has 4 aromatic carbocycles. The number of hydrogen-bond donors (Lipinski definition) is 1. The molecular weight excluding hydrogens is 793 g/mol. The topological polar surface area (TPSA) is 90.0 Å². The number of nitrogens with one attached hydrogen (secondary N) is 1. The molecule has 5 aromatic rings. The molecule has 2 aliphatic heterocycles. The van der Waals surface area contributed by atoms with E-state index in [1.165, 1.54) is 36.6 Å². The number of pyridine rings is 1. The number of amides is 1. The summed E-state index contributed by atoms with van der Waals surface area (Å²) in [5.74, 6) is 1.97. The van der Waals surface area contributed by atoms with Gasteiger partial charge in [-0.3, -0.25) is 14.7 Å². The standard InChI is InChI=1S/C50H53Cl2N3O5/c1-5-47(37-14-17-43(51)44(52)25-37)60-41-15-12-34(13-16-41)36-19-21-59-48-27-38-26-46(55(28-33-6-7-33)29-40(38)24-39(48)23-36)49(56)54-45(50(57)58-4)22-32-8-10-35(11-9-32)42-18-20-53-31(3)30(42)2/h8-18,20,24-25,27,33,36,45-47H,5-7,19,21-23,26,28-29H2,1-4H3,(H,54,56)/t36-,45+,46+,47-/m1/s1. The van der Waals surface area contributed by atoms with Crippen molar-refractivity contribution in [2.45, 2.75) is 96.4 Å². The Labute approximate surface area is 363 Å². The van der Waals surface area contributed by atoms with Gasteiger partial charge in [-0.25, -0.2) is 4.79 Å². The Morgan fingerprint density at radius 2 is 1.68 bits per heavy atom. The first-order valence-corrected chi connectivity index (χ1v) is 21.9. The quantitative estimate of drug-likeness (QED) is 0.118. The van der Waals surface area contributed by atoms with Crippen LogP contribution >= 0.6 is 23.2 Å². The maximum absolute atomic E-state index is 14.3. The zero-order valence-corrected chi connectivity index (χ0v) is 36.3. The SMILES string of the molecule is CC[C@@H](Oc1ccc([C@@H]2CCOc3cc4c(cc3C2)CN(CC2CC2)[C@H](C(=O)N[C@@H](Cc2ccc(-c3ccnc(C)c3C)cc2)C(=O)OC)C4)cc1)c1ccc(Cl)c(Cl)c1. The lowest BCUT2D eigenvalue weighted by Crippen LogP contribution is -2.55. The van der Waals surface area contributed by atoms with Crippen molar-refractivity contribution in [1.82, 2.24) is 15.2 Å². The van der Waals surface area contributed by atoms with Gasteiger partial charge in [-0.1, -0.05) is 78.7 Å². The maximum atomic E-state index is 14.3. The summed E-state index contributed by atoms with van der Waals surface area (Å²) in [5, 5.41) is 4.17. The number of halogens is 2. The van der Waals surface area contributed by atoms with Gasteiger partial charge in [0.2, 0.25) is 5.91 Å². The third-order valence-corrected chi connectivity index (χ3v) is 13.3. The number of carbonyl (C=O) groups excluding carboxylic acids is 2. The van der Waals surface area contributed by atoms with Gasteiger partial charge in [-0.2, -0.15) is 0 Å². The molecule has 0 bridgehead atoms. The highest BCUT2D eigenvalue weighted by Gasteiger charge is 2.38. The van der Waals surface area contributed by atoms with Crippen molar-refractivity contribution >= 4 is 35.1 Å². The predicted octanol–water partition coefficient (Wildman–Crippen LogP) is 10.3. The second-order valence-electron chi connectivity index (χ2n) is 16.7. The number of methoxy groups -OCH3 is 1. The minimum atomic E-state index is -0.814. The van der Waals surface area contributed by atoms with Gasteiger partial charge in [0.1, 0.15) is 23.6 Å². The molecule has 60 heavy (non-hydrogen) atoms. The monoisotopic (exact) mass is 845 g/mol. The smallest absolute Gasteiger partial charge is 0.328 e. The molecule has 10 heteroatoms. The van der Waals surface area contributed by atoms with E-state index in [2.05, 4.69) is 77.6 Å². The van der Waals surface area contributed by atoms with E-state index in [1.54, 1.807) is 0 Å². The normalized spacial score (nSPS) is 18.6. The fourth-order valence-corrected chi connectivity index (χ4v) is 9.06. The molecule has 1 saturated carbocycles. The molecule has 1 aromatic heterocycles. The Kier molecular flexibility index (Phi) is 12.8. The van der Waals surface area contributed by atoms with Crippen LogP contribution in [-0.4, -0.2) is 54.1 Å². The van der Waals surface area contributed by atoms with Crippen molar-refractivity contribution in [3.63, 3.8) is 0 Å². The summed E-state index contributed by atoms with van der Waals surface area (Å²) in [7, 11) is 1.37. The summed E-state index contributed by atoms with van der Waals surface area (Å²) in [4.78, 5) is 34.1. The summed E-state index contributed by atoms with van der Waals surface area (Å²) >= 11 is 12.5. The molecule has 0 radical (unpaired) electrons. The zero-order valence-electron chi connectivity index (χ0n) is 34.8. The first-order chi connectivity index (χ1) is 29.1. The first-order valence-electron chi connectivity index (χ1n) is 21.2. The summed E-state index contributed by atoms with van der Waals surface area (Å²) in [6, 6.07) is 27.5. The average molecular weight is 847 g/mol. The second kappa shape index (κ2) is 18.4. The number of nitrogens with zero attached hydrogens (tertiary/aromatic N) is 2. The molecule has 1 N–H and O–H groups in total. The highest BCUT2D eigenvalue weighted by molar-refractivity contribution is 6.42. The van der Waals surface area contributed by atoms with Crippen molar-refractivity contribution in [2.24, 2.45) is 5.92 Å². The predicted molar refractivity (Wildman–Crippen MR) is 237 cm³/mol.